The summed E-state index contributed by atoms with van der Waals surface area (Å²) >= 11 is 0. The van der Waals surface area contributed by atoms with Gasteiger partial charge in [0.1, 0.15) is 11.6 Å². The molecule has 1 aliphatic heterocycles. The van der Waals surface area contributed by atoms with Crippen LogP contribution in [-0.4, -0.2) is 20.7 Å². The quantitative estimate of drug-likeness (QED) is 0.427. The molecule has 3 aromatic carbocycles. The molecule has 4 heteroatoms. The molecule has 4 rings (SSSR count). The fraction of sp³-hybridized carbons (Fsp3) is 0.133. The van der Waals surface area contributed by atoms with E-state index in [0.29, 0.717) is 13.1 Å². The molecule has 2 N–H and O–H groups in total. The molecular formula is C30H31N3O. The molecule has 0 fully saturated rings. The van der Waals surface area contributed by atoms with Crippen molar-refractivity contribution in [2.24, 2.45) is 0 Å². The van der Waals surface area contributed by atoms with Crippen LogP contribution in [-0.2, 0) is 6.54 Å². The van der Waals surface area contributed by atoms with E-state index in [4.69, 9.17) is 4.74 Å². The van der Waals surface area contributed by atoms with Crippen molar-refractivity contribution in [3.05, 3.63) is 138 Å². The highest BCUT2D eigenvalue weighted by atomic mass is 16.5. The molecule has 0 spiro atoms. The molecule has 34 heavy (non-hydrogen) atoms. The number of para-hydroxylation sites is 2. The van der Waals surface area contributed by atoms with Crippen LogP contribution < -0.4 is 20.3 Å². The van der Waals surface area contributed by atoms with Gasteiger partial charge in [0.05, 0.1) is 7.11 Å². The number of hydrogen-bond donors (Lipinski definition) is 2. The zero-order valence-electron chi connectivity index (χ0n) is 19.8. The maximum atomic E-state index is 5.48. The van der Waals surface area contributed by atoms with Crippen molar-refractivity contribution >= 4 is 11.3 Å². The smallest absolute Gasteiger partial charge is 0.123 e. The number of ether oxygens (including phenoxy) is 1. The molecule has 0 amide bonds. The molecule has 3 aromatic rings. The Kier molecular flexibility index (Phi) is 7.31. The number of rotatable bonds is 9. The van der Waals surface area contributed by atoms with Gasteiger partial charge in [-0.25, -0.2) is 0 Å². The summed E-state index contributed by atoms with van der Waals surface area (Å²) in [5.74, 6) is 1.84. The van der Waals surface area contributed by atoms with Gasteiger partial charge in [-0.1, -0.05) is 79.9 Å². The van der Waals surface area contributed by atoms with Crippen LogP contribution in [0.1, 0.15) is 11.1 Å². The lowest BCUT2D eigenvalue weighted by atomic mass is 9.94. The van der Waals surface area contributed by atoms with Gasteiger partial charge in [-0.2, -0.15) is 0 Å². The number of nitrogens with one attached hydrogen (secondary N) is 2. The van der Waals surface area contributed by atoms with Gasteiger partial charge in [-0.3, -0.25) is 0 Å². The van der Waals surface area contributed by atoms with Gasteiger partial charge in [0, 0.05) is 42.7 Å². The first kappa shape index (κ1) is 23.1. The zero-order valence-corrected chi connectivity index (χ0v) is 19.8. The van der Waals surface area contributed by atoms with Crippen LogP contribution in [0.4, 0.5) is 5.69 Å². The molecule has 172 valence electrons. The maximum Gasteiger partial charge on any atom is 0.123 e. The van der Waals surface area contributed by atoms with Crippen LogP contribution >= 0.6 is 0 Å². The summed E-state index contributed by atoms with van der Waals surface area (Å²) in [5.41, 5.74) is 7.25. The topological polar surface area (TPSA) is 36.5 Å². The van der Waals surface area contributed by atoms with E-state index in [9.17, 15) is 0 Å². The first-order chi connectivity index (χ1) is 16.6. The van der Waals surface area contributed by atoms with Crippen LogP contribution in [0, 0.1) is 0 Å². The minimum Gasteiger partial charge on any atom is -0.496 e. The lowest BCUT2D eigenvalue weighted by molar-refractivity contribution is 0.408. The van der Waals surface area contributed by atoms with E-state index < -0.39 is 0 Å². The van der Waals surface area contributed by atoms with Gasteiger partial charge in [0.25, 0.3) is 0 Å². The van der Waals surface area contributed by atoms with Gasteiger partial charge in [-0.05, 0) is 41.0 Å². The summed E-state index contributed by atoms with van der Waals surface area (Å²) in [6.45, 7) is 10.1. The summed E-state index contributed by atoms with van der Waals surface area (Å²) in [4.78, 5) is 2.14. The van der Waals surface area contributed by atoms with Gasteiger partial charge in [0.15, 0.2) is 0 Å². The third-order valence-corrected chi connectivity index (χ3v) is 5.98. The van der Waals surface area contributed by atoms with E-state index in [0.717, 1.165) is 50.8 Å². The maximum absolute atomic E-state index is 5.48. The van der Waals surface area contributed by atoms with Crippen molar-refractivity contribution in [2.45, 2.75) is 6.54 Å². The van der Waals surface area contributed by atoms with E-state index in [1.54, 1.807) is 7.11 Å². The van der Waals surface area contributed by atoms with Crippen molar-refractivity contribution in [2.75, 3.05) is 25.6 Å². The second kappa shape index (κ2) is 10.7. The van der Waals surface area contributed by atoms with Crippen molar-refractivity contribution < 1.29 is 4.74 Å². The molecule has 0 aromatic heterocycles. The highest BCUT2D eigenvalue weighted by molar-refractivity contribution is 5.83. The second-order valence-electron chi connectivity index (χ2n) is 8.19. The Morgan fingerprint density at radius 3 is 2.26 bits per heavy atom. The summed E-state index contributed by atoms with van der Waals surface area (Å²) in [5, 5.41) is 7.09. The summed E-state index contributed by atoms with van der Waals surface area (Å²) < 4.78 is 5.48. The predicted octanol–water partition coefficient (Wildman–Crippen LogP) is 5.89. The molecule has 0 aliphatic carbocycles. The zero-order chi connectivity index (χ0) is 23.9. The molecule has 0 bridgehead atoms. The number of dihydropyridines is 1. The number of allylic oxidation sites excluding steroid dienone is 3. The minimum absolute atomic E-state index is 0.664. The van der Waals surface area contributed by atoms with E-state index in [1.165, 1.54) is 0 Å². The normalized spacial score (nSPS) is 13.2. The molecule has 0 radical (unpaired) electrons. The highest BCUT2D eigenvalue weighted by Gasteiger charge is 2.22. The Morgan fingerprint density at radius 1 is 0.912 bits per heavy atom. The highest BCUT2D eigenvalue weighted by Crippen LogP contribution is 2.32. The van der Waals surface area contributed by atoms with Crippen LogP contribution in [0.5, 0.6) is 5.75 Å². The van der Waals surface area contributed by atoms with E-state index in [-0.39, 0.29) is 0 Å². The summed E-state index contributed by atoms with van der Waals surface area (Å²) in [6.07, 6.45) is 2.19. The first-order valence-corrected chi connectivity index (χ1v) is 11.4. The fourth-order valence-corrected chi connectivity index (χ4v) is 4.03. The van der Waals surface area contributed by atoms with Crippen LogP contribution in [0.25, 0.3) is 5.57 Å². The Bertz CT molecular complexity index is 1230. The number of benzene rings is 3. The van der Waals surface area contributed by atoms with Crippen LogP contribution in [0.3, 0.4) is 0 Å². The van der Waals surface area contributed by atoms with E-state index in [2.05, 4.69) is 72.1 Å². The lowest BCUT2D eigenvalue weighted by Gasteiger charge is -2.32. The molecule has 1 heterocycles. The standard InChI is InChI=1S/C30H31N3O/c1-22(24-13-7-5-8-14-24)28-19-26(21-31-20-25-15-11-12-18-29(25)34-4)23(2)32-30(28)33(3)27-16-9-6-10-17-27/h5-19,31-32H,1-2,20-21H2,3-4H3. The van der Waals surface area contributed by atoms with E-state index >= 15 is 0 Å². The Labute approximate surface area is 202 Å². The SMILES string of the molecule is C=C1NC(N(C)c2ccccc2)=C(C(=C)c2ccccc2)C=C1CNCc1ccccc1OC. The van der Waals surface area contributed by atoms with Crippen molar-refractivity contribution in [1.82, 2.24) is 10.6 Å². The number of methoxy groups -OCH3 is 1. The van der Waals surface area contributed by atoms with E-state index in [1.807, 2.05) is 54.6 Å². The summed E-state index contributed by atoms with van der Waals surface area (Å²) in [6, 6.07) is 28.6. The van der Waals surface area contributed by atoms with Crippen molar-refractivity contribution in [3.8, 4) is 5.75 Å². The number of hydrogen-bond acceptors (Lipinski definition) is 4. The Balaban J connectivity index is 1.64. The monoisotopic (exact) mass is 449 g/mol. The van der Waals surface area contributed by atoms with Gasteiger partial charge in [-0.15, -0.1) is 0 Å². The fourth-order valence-electron chi connectivity index (χ4n) is 4.03. The van der Waals surface area contributed by atoms with Crippen molar-refractivity contribution in [3.63, 3.8) is 0 Å². The molecule has 0 atom stereocenters. The summed E-state index contributed by atoms with van der Waals surface area (Å²) in [7, 11) is 3.76. The molecule has 1 aliphatic rings. The lowest BCUT2D eigenvalue weighted by Crippen LogP contribution is -2.34. The molecule has 0 saturated carbocycles. The largest absolute Gasteiger partial charge is 0.496 e. The second-order valence-corrected chi connectivity index (χ2v) is 8.19. The third kappa shape index (κ3) is 5.13. The van der Waals surface area contributed by atoms with Gasteiger partial charge >= 0.3 is 0 Å². The van der Waals surface area contributed by atoms with Crippen LogP contribution in [0.2, 0.25) is 0 Å². The minimum atomic E-state index is 0.664. The van der Waals surface area contributed by atoms with Gasteiger partial charge in [0.2, 0.25) is 0 Å². The number of nitrogens with zero attached hydrogens (tertiary/aromatic N) is 1. The number of anilines is 1. The average molecular weight is 450 g/mol. The van der Waals surface area contributed by atoms with Crippen LogP contribution in [0.15, 0.2) is 127 Å². The van der Waals surface area contributed by atoms with Crippen molar-refractivity contribution in [1.29, 1.82) is 0 Å². The predicted molar refractivity (Wildman–Crippen MR) is 142 cm³/mol. The Hall–Kier alpha value is -4.02. The third-order valence-electron chi connectivity index (χ3n) is 5.98. The average Bonchev–Trinajstić information content (AvgIpc) is 2.90. The Morgan fingerprint density at radius 2 is 1.56 bits per heavy atom. The van der Waals surface area contributed by atoms with Gasteiger partial charge < -0.3 is 20.3 Å². The first-order valence-electron chi connectivity index (χ1n) is 11.4. The molecule has 0 unspecified atom stereocenters. The molecular weight excluding hydrogens is 418 g/mol. The molecule has 0 saturated heterocycles. The molecule has 4 nitrogen and oxygen atoms in total.